The summed E-state index contributed by atoms with van der Waals surface area (Å²) in [5.41, 5.74) is 3.83. The molecule has 3 aliphatic heterocycles. The molecule has 0 saturated carbocycles. The van der Waals surface area contributed by atoms with Crippen LogP contribution in [-0.4, -0.2) is 108 Å². The number of nitrogens with zero attached hydrogens (tertiary/aromatic N) is 2. The first-order valence-corrected chi connectivity index (χ1v) is 14.0. The number of Topliss-reactive ketones (excluding diaryl/α,β-unsaturated/α-hetero) is 1. The number of hydrogen-bond donors (Lipinski definition) is 4. The molecular weight excluding hydrogens is 500 g/mol. The molecule has 0 aromatic rings. The Bertz CT molecular complexity index is 606. The maximum absolute atomic E-state index is 11.3. The molecule has 0 atom stereocenters. The van der Waals surface area contributed by atoms with Crippen molar-refractivity contribution in [3.05, 3.63) is 0 Å². The molecule has 3 aliphatic rings. The molecule has 39 heavy (non-hydrogen) atoms. The van der Waals surface area contributed by atoms with Crippen LogP contribution in [0.15, 0.2) is 0 Å². The summed E-state index contributed by atoms with van der Waals surface area (Å²) in [7, 11) is 3.35. The van der Waals surface area contributed by atoms with E-state index >= 15 is 0 Å². The minimum absolute atomic E-state index is 0. The average molecular weight is 565 g/mol. The average Bonchev–Trinajstić information content (AvgIpc) is 3.37. The lowest BCUT2D eigenvalue weighted by Crippen LogP contribution is -2.62. The van der Waals surface area contributed by atoms with Crippen LogP contribution in [0.5, 0.6) is 0 Å². The molecule has 10 nitrogen and oxygen atoms in total. The lowest BCUT2D eigenvalue weighted by molar-refractivity contribution is -0.246. The highest BCUT2D eigenvalue weighted by Gasteiger charge is 2.45. The maximum atomic E-state index is 11.3. The Kier molecular flexibility index (Phi) is 19.4. The van der Waals surface area contributed by atoms with Crippen molar-refractivity contribution in [2.75, 3.05) is 53.7 Å². The van der Waals surface area contributed by atoms with Gasteiger partial charge in [0.25, 0.3) is 0 Å². The first-order valence-electron chi connectivity index (χ1n) is 14.0. The van der Waals surface area contributed by atoms with E-state index in [-0.39, 0.29) is 24.3 Å². The number of nitrogens with one attached hydrogen (secondary N) is 1. The van der Waals surface area contributed by atoms with Crippen LogP contribution in [0, 0.1) is 0 Å². The highest BCUT2D eigenvalue weighted by atomic mass is 16.5. The van der Waals surface area contributed by atoms with Crippen molar-refractivity contribution in [3.8, 4) is 0 Å². The number of rotatable bonds is 6. The van der Waals surface area contributed by atoms with Crippen molar-refractivity contribution in [2.45, 2.75) is 130 Å². The molecule has 0 aromatic carbocycles. The number of ether oxygens (including phenoxy) is 3. The summed E-state index contributed by atoms with van der Waals surface area (Å²) in [5, 5.41) is 26.2. The number of carbonyl (C=O) groups is 1. The summed E-state index contributed by atoms with van der Waals surface area (Å²) >= 11 is 0. The second kappa shape index (κ2) is 18.7. The molecular formula is C29H64N4O6. The van der Waals surface area contributed by atoms with Gasteiger partial charge in [0.2, 0.25) is 0 Å². The van der Waals surface area contributed by atoms with E-state index in [0.717, 1.165) is 39.2 Å². The smallest absolute Gasteiger partial charge is 0.136 e. The monoisotopic (exact) mass is 564 g/mol. The molecule has 0 unspecified atom stereocenters. The van der Waals surface area contributed by atoms with Gasteiger partial charge in [-0.1, -0.05) is 7.43 Å². The van der Waals surface area contributed by atoms with Gasteiger partial charge in [-0.05, 0) is 81.1 Å². The largest absolute Gasteiger partial charge is 0.383 e. The highest BCUT2D eigenvalue weighted by molar-refractivity contribution is 5.81. The number of hydroxylamine groups is 4. The summed E-state index contributed by atoms with van der Waals surface area (Å²) < 4.78 is 14.5. The third-order valence-electron chi connectivity index (χ3n) is 6.93. The van der Waals surface area contributed by atoms with E-state index in [1.165, 1.54) is 23.0 Å². The van der Waals surface area contributed by atoms with E-state index in [9.17, 15) is 15.2 Å². The van der Waals surface area contributed by atoms with E-state index in [2.05, 4.69) is 37.7 Å². The fraction of sp³-hybridized carbons (Fsp3) is 0.966. The van der Waals surface area contributed by atoms with Gasteiger partial charge in [0.1, 0.15) is 5.78 Å². The molecule has 5 N–H and O–H groups in total. The maximum Gasteiger partial charge on any atom is 0.136 e. The second-order valence-electron chi connectivity index (χ2n) is 12.9. The van der Waals surface area contributed by atoms with E-state index in [0.29, 0.717) is 32.0 Å². The van der Waals surface area contributed by atoms with Gasteiger partial charge in [-0.15, -0.1) is 0 Å². The van der Waals surface area contributed by atoms with Crippen molar-refractivity contribution in [2.24, 2.45) is 5.73 Å². The number of nitrogens with two attached hydrogens (primary N) is 1. The van der Waals surface area contributed by atoms with Gasteiger partial charge >= 0.3 is 0 Å². The van der Waals surface area contributed by atoms with Gasteiger partial charge in [0, 0.05) is 81.6 Å². The normalized spacial score (nSPS) is 23.7. The molecule has 0 radical (unpaired) electrons. The number of hydrogen-bond acceptors (Lipinski definition) is 10. The van der Waals surface area contributed by atoms with Crippen LogP contribution in [0.2, 0.25) is 0 Å². The summed E-state index contributed by atoms with van der Waals surface area (Å²) in [6.45, 7) is 20.8. The molecule has 0 amide bonds. The van der Waals surface area contributed by atoms with Crippen LogP contribution in [-0.2, 0) is 19.0 Å². The lowest BCUT2D eigenvalue weighted by Gasteiger charge is -2.51. The van der Waals surface area contributed by atoms with Crippen LogP contribution in [0.1, 0.15) is 101 Å². The van der Waals surface area contributed by atoms with Crippen molar-refractivity contribution in [1.29, 1.82) is 0 Å². The minimum Gasteiger partial charge on any atom is -0.383 e. The Morgan fingerprint density at radius 2 is 1.26 bits per heavy atom. The van der Waals surface area contributed by atoms with Gasteiger partial charge in [0.15, 0.2) is 0 Å². The molecule has 10 heteroatoms. The zero-order valence-electron chi connectivity index (χ0n) is 26.1. The predicted octanol–water partition coefficient (Wildman–Crippen LogP) is 4.26. The molecule has 3 saturated heterocycles. The molecule has 3 heterocycles. The van der Waals surface area contributed by atoms with Crippen molar-refractivity contribution >= 4 is 5.78 Å². The van der Waals surface area contributed by atoms with Gasteiger partial charge in [-0.3, -0.25) is 4.79 Å². The van der Waals surface area contributed by atoms with Gasteiger partial charge in [0.05, 0.1) is 13.2 Å². The van der Waals surface area contributed by atoms with Crippen LogP contribution in [0.25, 0.3) is 0 Å². The van der Waals surface area contributed by atoms with Crippen LogP contribution < -0.4 is 11.1 Å². The third-order valence-corrected chi connectivity index (χ3v) is 6.93. The quantitative estimate of drug-likeness (QED) is 0.347. The second-order valence-corrected chi connectivity index (χ2v) is 12.9. The zero-order chi connectivity index (χ0) is 29.6. The number of carbonyl (C=O) groups excluding carboxylic acids is 1. The molecule has 236 valence electrons. The van der Waals surface area contributed by atoms with Gasteiger partial charge in [-0.25, -0.2) is 0 Å². The van der Waals surface area contributed by atoms with Crippen molar-refractivity contribution in [1.82, 2.24) is 15.4 Å². The van der Waals surface area contributed by atoms with E-state index in [1.54, 1.807) is 14.2 Å². The van der Waals surface area contributed by atoms with Crippen molar-refractivity contribution in [3.63, 3.8) is 0 Å². The predicted molar refractivity (Wildman–Crippen MR) is 158 cm³/mol. The topological polar surface area (TPSA) is 130 Å². The Labute approximate surface area is 239 Å². The fourth-order valence-corrected chi connectivity index (χ4v) is 5.40. The Morgan fingerprint density at radius 1 is 0.846 bits per heavy atom. The third kappa shape index (κ3) is 15.2. The van der Waals surface area contributed by atoms with Gasteiger partial charge < -0.3 is 35.7 Å². The first-order chi connectivity index (χ1) is 17.5. The standard InChI is InChI=1S/C12H26N2O2.C9H17NO2.C4H8O.C3H9NO.CH4/c1-11(2)8-10(13-6-7-16-5)9-12(3,4)14(11)15;1-8(2)5-7(11)6-9(3,4)10(8)12;1-2-4-5-3-1;1-5-3-2-4;/h10,13,15H,6-9H2,1-5H3;12H,5-6H2,1-4H3;1-4H2;2-4H2,1H3;1H4. The Balaban J connectivity index is 0. The number of ketones is 1. The fourth-order valence-electron chi connectivity index (χ4n) is 5.40. The van der Waals surface area contributed by atoms with Crippen LogP contribution in [0.4, 0.5) is 0 Å². The zero-order valence-corrected chi connectivity index (χ0v) is 26.1. The Hall–Kier alpha value is -0.690. The highest BCUT2D eigenvalue weighted by Crippen LogP contribution is 2.36. The molecule has 3 fully saturated rings. The molecule has 0 aromatic heterocycles. The van der Waals surface area contributed by atoms with Gasteiger partial charge in [-0.2, -0.15) is 10.1 Å². The van der Waals surface area contributed by atoms with E-state index in [1.807, 2.05) is 27.7 Å². The summed E-state index contributed by atoms with van der Waals surface area (Å²) in [6, 6.07) is 0.448. The van der Waals surface area contributed by atoms with Crippen LogP contribution in [0.3, 0.4) is 0 Å². The summed E-state index contributed by atoms with van der Waals surface area (Å²) in [6.07, 6.45) is 5.34. The van der Waals surface area contributed by atoms with E-state index < -0.39 is 11.1 Å². The van der Waals surface area contributed by atoms with Crippen molar-refractivity contribution < 1.29 is 29.4 Å². The van der Waals surface area contributed by atoms with Crippen LogP contribution >= 0.6 is 0 Å². The minimum atomic E-state index is -0.418. The molecule has 0 aliphatic carbocycles. The molecule has 0 bridgehead atoms. The van der Waals surface area contributed by atoms with E-state index in [4.69, 9.17) is 15.2 Å². The molecule has 3 rings (SSSR count). The number of piperidine rings is 2. The first kappa shape index (κ1) is 40.4. The Morgan fingerprint density at radius 3 is 1.56 bits per heavy atom. The summed E-state index contributed by atoms with van der Waals surface area (Å²) in [4.78, 5) is 11.3. The number of methoxy groups -OCH3 is 2. The lowest BCUT2D eigenvalue weighted by atomic mass is 9.79. The SMILES string of the molecule is C.C1CCOC1.CC1(C)CC(=O)CC(C)(C)N1O.COCCN.COCCNC1CC(C)(C)N(O)C(C)(C)C1. The molecule has 0 spiro atoms. The summed E-state index contributed by atoms with van der Waals surface area (Å²) in [5.74, 6) is 0.232.